The van der Waals surface area contributed by atoms with Gasteiger partial charge in [0.1, 0.15) is 0 Å². The van der Waals surface area contributed by atoms with Crippen LogP contribution in [0.4, 0.5) is 4.39 Å². The minimum absolute atomic E-state index is 0.232. The maximum atomic E-state index is 12.3. The van der Waals surface area contributed by atoms with Crippen molar-refractivity contribution < 1.29 is 4.39 Å². The maximum absolute atomic E-state index is 12.3. The van der Waals surface area contributed by atoms with Crippen LogP contribution in [0.1, 0.15) is 45.4 Å². The second kappa shape index (κ2) is 7.42. The highest BCUT2D eigenvalue weighted by Gasteiger charge is 2.17. The summed E-state index contributed by atoms with van der Waals surface area (Å²) in [5, 5.41) is 0. The second-order valence-corrected chi connectivity index (χ2v) is 4.29. The standard InChI is InChI=1S/C13H23FN2/c1-3-10-16(11-6-9-14)13-8-5-4-7-12(13)15-2/h2-11H2,1H3. The number of rotatable bonds is 7. The molecule has 0 heterocycles. The third-order valence-electron chi connectivity index (χ3n) is 3.04. The van der Waals surface area contributed by atoms with E-state index in [1.807, 2.05) is 0 Å². The summed E-state index contributed by atoms with van der Waals surface area (Å²) < 4.78 is 12.3. The van der Waals surface area contributed by atoms with Gasteiger partial charge in [-0.25, -0.2) is 0 Å². The molecule has 0 unspecified atom stereocenters. The van der Waals surface area contributed by atoms with Crippen molar-refractivity contribution in [1.29, 1.82) is 0 Å². The van der Waals surface area contributed by atoms with Gasteiger partial charge in [0.25, 0.3) is 0 Å². The Bertz CT molecular complexity index is 248. The summed E-state index contributed by atoms with van der Waals surface area (Å²) in [4.78, 5) is 6.44. The van der Waals surface area contributed by atoms with Crippen LogP contribution in [-0.2, 0) is 0 Å². The molecular formula is C13H23FN2. The van der Waals surface area contributed by atoms with Gasteiger partial charge in [0, 0.05) is 18.8 Å². The van der Waals surface area contributed by atoms with Crippen LogP contribution in [-0.4, -0.2) is 31.4 Å². The first-order valence-corrected chi connectivity index (χ1v) is 6.33. The van der Waals surface area contributed by atoms with E-state index in [1.54, 1.807) is 0 Å². The topological polar surface area (TPSA) is 15.6 Å². The van der Waals surface area contributed by atoms with E-state index in [-0.39, 0.29) is 6.67 Å². The minimum atomic E-state index is -0.232. The summed E-state index contributed by atoms with van der Waals surface area (Å²) in [6.07, 6.45) is 6.27. The molecule has 0 atom stereocenters. The molecule has 1 rings (SSSR count). The van der Waals surface area contributed by atoms with Gasteiger partial charge in [0.15, 0.2) is 0 Å². The van der Waals surface area contributed by atoms with E-state index in [0.717, 1.165) is 38.0 Å². The normalized spacial score (nSPS) is 16.4. The van der Waals surface area contributed by atoms with Gasteiger partial charge in [-0.15, -0.1) is 0 Å². The molecule has 0 amide bonds. The Kier molecular flexibility index (Phi) is 6.12. The second-order valence-electron chi connectivity index (χ2n) is 4.29. The van der Waals surface area contributed by atoms with Crippen LogP contribution < -0.4 is 0 Å². The predicted molar refractivity (Wildman–Crippen MR) is 67.5 cm³/mol. The number of aliphatic imine (C=N–C) groups is 1. The summed E-state index contributed by atoms with van der Waals surface area (Å²) in [5.74, 6) is 0. The van der Waals surface area contributed by atoms with Gasteiger partial charge < -0.3 is 4.90 Å². The number of alkyl halides is 1. The van der Waals surface area contributed by atoms with Crippen LogP contribution in [0.25, 0.3) is 0 Å². The third kappa shape index (κ3) is 3.62. The average molecular weight is 226 g/mol. The molecule has 0 saturated heterocycles. The zero-order valence-electron chi connectivity index (χ0n) is 10.3. The summed E-state index contributed by atoms with van der Waals surface area (Å²) in [5.41, 5.74) is 2.45. The van der Waals surface area contributed by atoms with Crippen LogP contribution in [0.2, 0.25) is 0 Å². The van der Waals surface area contributed by atoms with Crippen molar-refractivity contribution in [3.05, 3.63) is 11.4 Å². The number of hydrogen-bond acceptors (Lipinski definition) is 2. The molecule has 1 aliphatic rings. The first kappa shape index (κ1) is 13.2. The Morgan fingerprint density at radius 1 is 1.31 bits per heavy atom. The molecule has 0 radical (unpaired) electrons. The molecule has 0 aromatic carbocycles. The van der Waals surface area contributed by atoms with Crippen molar-refractivity contribution in [1.82, 2.24) is 4.90 Å². The van der Waals surface area contributed by atoms with Crippen molar-refractivity contribution in [2.45, 2.75) is 45.4 Å². The van der Waals surface area contributed by atoms with Crippen molar-refractivity contribution >= 4 is 6.72 Å². The fourth-order valence-electron chi connectivity index (χ4n) is 2.29. The smallest absolute Gasteiger partial charge is 0.0911 e. The molecule has 0 N–H and O–H groups in total. The lowest BCUT2D eigenvalue weighted by atomic mass is 10.00. The van der Waals surface area contributed by atoms with Crippen LogP contribution in [0.3, 0.4) is 0 Å². The Hall–Kier alpha value is -0.860. The summed E-state index contributed by atoms with van der Waals surface area (Å²) >= 11 is 0. The van der Waals surface area contributed by atoms with E-state index in [1.165, 1.54) is 18.5 Å². The van der Waals surface area contributed by atoms with Crippen molar-refractivity contribution in [3.63, 3.8) is 0 Å². The monoisotopic (exact) mass is 226 g/mol. The molecule has 0 saturated carbocycles. The summed E-state index contributed by atoms with van der Waals surface area (Å²) in [6.45, 7) is 7.40. The number of halogens is 1. The lowest BCUT2D eigenvalue weighted by molar-refractivity contribution is 0.297. The highest BCUT2D eigenvalue weighted by atomic mass is 19.1. The quantitative estimate of drug-likeness (QED) is 0.606. The molecule has 92 valence electrons. The van der Waals surface area contributed by atoms with E-state index in [2.05, 4.69) is 23.5 Å². The molecule has 0 aromatic heterocycles. The van der Waals surface area contributed by atoms with Gasteiger partial charge in [-0.2, -0.15) is 0 Å². The van der Waals surface area contributed by atoms with E-state index < -0.39 is 0 Å². The minimum Gasteiger partial charge on any atom is -0.373 e. The van der Waals surface area contributed by atoms with Crippen LogP contribution in [0, 0.1) is 0 Å². The van der Waals surface area contributed by atoms with Crippen molar-refractivity contribution in [2.24, 2.45) is 4.99 Å². The number of allylic oxidation sites excluding steroid dienone is 2. The predicted octanol–water partition coefficient (Wildman–Crippen LogP) is 3.54. The van der Waals surface area contributed by atoms with Crippen LogP contribution in [0.15, 0.2) is 16.4 Å². The van der Waals surface area contributed by atoms with Gasteiger partial charge in [-0.1, -0.05) is 6.92 Å². The van der Waals surface area contributed by atoms with E-state index >= 15 is 0 Å². The molecule has 0 aliphatic heterocycles. The SMILES string of the molecule is C=NC1=C(N(CCC)CCCF)CCCC1. The Balaban J connectivity index is 2.72. The first-order valence-electron chi connectivity index (χ1n) is 6.33. The zero-order chi connectivity index (χ0) is 11.8. The Labute approximate surface area is 98.2 Å². The number of hydrogen-bond donors (Lipinski definition) is 0. The van der Waals surface area contributed by atoms with E-state index in [4.69, 9.17) is 0 Å². The van der Waals surface area contributed by atoms with Gasteiger partial charge in [-0.05, 0) is 45.2 Å². The molecule has 2 nitrogen and oxygen atoms in total. The Morgan fingerprint density at radius 3 is 2.69 bits per heavy atom. The van der Waals surface area contributed by atoms with Gasteiger partial charge in [0.05, 0.1) is 12.4 Å². The van der Waals surface area contributed by atoms with Gasteiger partial charge in [-0.3, -0.25) is 9.38 Å². The highest BCUT2D eigenvalue weighted by Crippen LogP contribution is 2.28. The van der Waals surface area contributed by atoms with Crippen LogP contribution >= 0.6 is 0 Å². The van der Waals surface area contributed by atoms with E-state index in [0.29, 0.717) is 6.42 Å². The molecule has 16 heavy (non-hydrogen) atoms. The summed E-state index contributed by atoms with van der Waals surface area (Å²) in [6, 6.07) is 0. The lowest BCUT2D eigenvalue weighted by Crippen LogP contribution is -2.27. The van der Waals surface area contributed by atoms with Crippen LogP contribution in [0.5, 0.6) is 0 Å². The average Bonchev–Trinajstić information content (AvgIpc) is 2.34. The summed E-state index contributed by atoms with van der Waals surface area (Å²) in [7, 11) is 0. The maximum Gasteiger partial charge on any atom is 0.0911 e. The molecule has 3 heteroatoms. The van der Waals surface area contributed by atoms with E-state index in [9.17, 15) is 4.39 Å². The lowest BCUT2D eigenvalue weighted by Gasteiger charge is -2.30. The zero-order valence-corrected chi connectivity index (χ0v) is 10.3. The fraction of sp³-hybridized carbons (Fsp3) is 0.769. The molecular weight excluding hydrogens is 203 g/mol. The first-order chi connectivity index (χ1) is 7.83. The Morgan fingerprint density at radius 2 is 2.06 bits per heavy atom. The molecule has 0 spiro atoms. The van der Waals surface area contributed by atoms with Crippen molar-refractivity contribution in [2.75, 3.05) is 19.8 Å². The molecule has 0 fully saturated rings. The molecule has 0 bridgehead atoms. The van der Waals surface area contributed by atoms with Crippen molar-refractivity contribution in [3.8, 4) is 0 Å². The molecule has 0 aromatic rings. The number of nitrogens with zero attached hydrogens (tertiary/aromatic N) is 2. The largest absolute Gasteiger partial charge is 0.373 e. The van der Waals surface area contributed by atoms with Gasteiger partial charge in [0.2, 0.25) is 0 Å². The highest BCUT2D eigenvalue weighted by molar-refractivity contribution is 5.31. The fourth-order valence-corrected chi connectivity index (χ4v) is 2.29. The van der Waals surface area contributed by atoms with Gasteiger partial charge >= 0.3 is 0 Å². The third-order valence-corrected chi connectivity index (χ3v) is 3.04. The molecule has 1 aliphatic carbocycles.